The van der Waals surface area contributed by atoms with Gasteiger partial charge in [0.05, 0.1) is 32.4 Å². The number of nitrogens with zero attached hydrogens (tertiary/aromatic N) is 4. The Morgan fingerprint density at radius 1 is 0.968 bits per heavy atom. The second-order valence-electron chi connectivity index (χ2n) is 6.79. The van der Waals surface area contributed by atoms with E-state index in [1.165, 1.54) is 0 Å². The molecule has 0 unspecified atom stereocenters. The number of ether oxygens (including phenoxy) is 3. The molecule has 4 aromatic rings. The van der Waals surface area contributed by atoms with Crippen LogP contribution in [-0.2, 0) is 6.54 Å². The topological polar surface area (TPSA) is 102 Å². The molecule has 31 heavy (non-hydrogen) atoms. The van der Waals surface area contributed by atoms with Crippen molar-refractivity contribution in [3.63, 3.8) is 0 Å². The van der Waals surface area contributed by atoms with Gasteiger partial charge in [0.15, 0.2) is 11.5 Å². The lowest BCUT2D eigenvalue weighted by atomic mass is 10.1. The van der Waals surface area contributed by atoms with Crippen molar-refractivity contribution >= 4 is 11.0 Å². The summed E-state index contributed by atoms with van der Waals surface area (Å²) in [5.41, 5.74) is 3.15. The summed E-state index contributed by atoms with van der Waals surface area (Å²) in [7, 11) is 4.62. The van der Waals surface area contributed by atoms with Gasteiger partial charge in [0.2, 0.25) is 11.6 Å². The Bertz CT molecular complexity index is 1300. The van der Waals surface area contributed by atoms with Crippen LogP contribution in [-0.4, -0.2) is 41.0 Å². The molecular weight excluding hydrogens is 400 g/mol. The third kappa shape index (κ3) is 3.48. The first-order valence-corrected chi connectivity index (χ1v) is 9.66. The zero-order valence-electron chi connectivity index (χ0n) is 17.9. The lowest BCUT2D eigenvalue weighted by molar-refractivity contribution is 0.324. The molecule has 0 saturated heterocycles. The van der Waals surface area contributed by atoms with Crippen molar-refractivity contribution in [1.82, 2.24) is 19.7 Å². The molecule has 0 atom stereocenters. The first-order chi connectivity index (χ1) is 15.0. The zero-order chi connectivity index (χ0) is 22.1. The summed E-state index contributed by atoms with van der Waals surface area (Å²) in [4.78, 5) is 21.3. The minimum atomic E-state index is -0.0907. The first-order valence-electron chi connectivity index (χ1n) is 9.66. The highest BCUT2D eigenvalue weighted by atomic mass is 16.5. The normalized spacial score (nSPS) is 11.0. The molecule has 2 heterocycles. The third-order valence-electron chi connectivity index (χ3n) is 5.02. The molecule has 0 amide bonds. The largest absolute Gasteiger partial charge is 0.493 e. The molecule has 0 fully saturated rings. The van der Waals surface area contributed by atoms with Gasteiger partial charge in [-0.15, -0.1) is 0 Å². The number of fused-ring (bicyclic) bond motifs is 1. The summed E-state index contributed by atoms with van der Waals surface area (Å²) in [6.07, 6.45) is 0. The van der Waals surface area contributed by atoms with Crippen LogP contribution in [0.2, 0.25) is 0 Å². The molecule has 0 saturated carbocycles. The zero-order valence-corrected chi connectivity index (χ0v) is 17.9. The monoisotopic (exact) mass is 422 g/mol. The number of methoxy groups -OCH3 is 3. The average molecular weight is 422 g/mol. The Labute approximate surface area is 178 Å². The van der Waals surface area contributed by atoms with Gasteiger partial charge >= 0.3 is 0 Å². The Morgan fingerprint density at radius 3 is 2.29 bits per heavy atom. The van der Waals surface area contributed by atoms with Crippen LogP contribution in [0.5, 0.6) is 17.2 Å². The lowest BCUT2D eigenvalue weighted by Gasteiger charge is -2.12. The fourth-order valence-corrected chi connectivity index (χ4v) is 3.49. The minimum absolute atomic E-state index is 0.0907. The Kier molecular flexibility index (Phi) is 5.33. The molecule has 9 nitrogen and oxygen atoms in total. The molecule has 2 aromatic heterocycles. The van der Waals surface area contributed by atoms with E-state index in [-0.39, 0.29) is 5.56 Å². The Hall–Kier alpha value is -3.88. The van der Waals surface area contributed by atoms with E-state index in [9.17, 15) is 4.79 Å². The van der Waals surface area contributed by atoms with Crippen LogP contribution >= 0.6 is 0 Å². The highest BCUT2D eigenvalue weighted by molar-refractivity contribution is 5.80. The number of aromatic nitrogens is 4. The SMILES string of the molecule is CCn1c(=O)c(C)nc2cc(-c3noc(-c4cc(OC)c(OC)c(OC)c4)n3)ccc21. The molecule has 0 aliphatic rings. The summed E-state index contributed by atoms with van der Waals surface area (Å²) in [6, 6.07) is 9.01. The van der Waals surface area contributed by atoms with Crippen LogP contribution in [0.3, 0.4) is 0 Å². The molecule has 0 bridgehead atoms. The van der Waals surface area contributed by atoms with Crippen molar-refractivity contribution in [2.24, 2.45) is 0 Å². The summed E-state index contributed by atoms with van der Waals surface area (Å²) < 4.78 is 23.3. The van der Waals surface area contributed by atoms with Gasteiger partial charge in [-0.3, -0.25) is 4.79 Å². The predicted molar refractivity (Wildman–Crippen MR) is 115 cm³/mol. The summed E-state index contributed by atoms with van der Waals surface area (Å²) in [5, 5.41) is 4.11. The molecule has 0 spiro atoms. The summed E-state index contributed by atoms with van der Waals surface area (Å²) in [6.45, 7) is 4.19. The van der Waals surface area contributed by atoms with Gasteiger partial charge in [0.25, 0.3) is 11.4 Å². The van der Waals surface area contributed by atoms with Crippen LogP contribution < -0.4 is 19.8 Å². The molecule has 9 heteroatoms. The number of hydrogen-bond acceptors (Lipinski definition) is 8. The van der Waals surface area contributed by atoms with E-state index < -0.39 is 0 Å². The van der Waals surface area contributed by atoms with Gasteiger partial charge in [-0.25, -0.2) is 4.98 Å². The van der Waals surface area contributed by atoms with Gasteiger partial charge in [0.1, 0.15) is 5.69 Å². The summed E-state index contributed by atoms with van der Waals surface area (Å²) in [5.74, 6) is 2.15. The summed E-state index contributed by atoms with van der Waals surface area (Å²) >= 11 is 0. The highest BCUT2D eigenvalue weighted by Gasteiger charge is 2.18. The van der Waals surface area contributed by atoms with Crippen molar-refractivity contribution < 1.29 is 18.7 Å². The predicted octanol–water partition coefficient (Wildman–Crippen LogP) is 3.47. The van der Waals surface area contributed by atoms with Gasteiger partial charge in [-0.1, -0.05) is 5.16 Å². The first kappa shape index (κ1) is 20.4. The molecule has 0 aliphatic heterocycles. The van der Waals surface area contributed by atoms with Crippen molar-refractivity contribution in [3.05, 3.63) is 46.4 Å². The quantitative estimate of drug-likeness (QED) is 0.466. The maximum Gasteiger partial charge on any atom is 0.272 e. The van der Waals surface area contributed by atoms with E-state index in [4.69, 9.17) is 18.7 Å². The van der Waals surface area contributed by atoms with E-state index in [1.807, 2.05) is 25.1 Å². The smallest absolute Gasteiger partial charge is 0.272 e. The number of rotatable bonds is 6. The van der Waals surface area contributed by atoms with E-state index in [0.717, 1.165) is 11.1 Å². The van der Waals surface area contributed by atoms with Gasteiger partial charge in [-0.2, -0.15) is 4.98 Å². The fourth-order valence-electron chi connectivity index (χ4n) is 3.49. The van der Waals surface area contributed by atoms with Crippen LogP contribution in [0.25, 0.3) is 33.9 Å². The number of benzene rings is 2. The minimum Gasteiger partial charge on any atom is -0.493 e. The number of aryl methyl sites for hydroxylation is 2. The van der Waals surface area contributed by atoms with Crippen LogP contribution in [0.15, 0.2) is 39.6 Å². The molecule has 0 N–H and O–H groups in total. The second-order valence-corrected chi connectivity index (χ2v) is 6.79. The van der Waals surface area contributed by atoms with E-state index in [2.05, 4.69) is 15.1 Å². The maximum absolute atomic E-state index is 12.3. The van der Waals surface area contributed by atoms with E-state index in [0.29, 0.717) is 52.3 Å². The molecular formula is C22H22N4O5. The van der Waals surface area contributed by atoms with E-state index >= 15 is 0 Å². The molecule has 160 valence electrons. The molecule has 0 aliphatic carbocycles. The van der Waals surface area contributed by atoms with E-state index in [1.54, 1.807) is 45.0 Å². The van der Waals surface area contributed by atoms with Crippen LogP contribution in [0, 0.1) is 6.92 Å². The molecule has 0 radical (unpaired) electrons. The van der Waals surface area contributed by atoms with Crippen molar-refractivity contribution in [1.29, 1.82) is 0 Å². The van der Waals surface area contributed by atoms with Gasteiger partial charge < -0.3 is 23.3 Å². The maximum atomic E-state index is 12.3. The molecule has 2 aromatic carbocycles. The van der Waals surface area contributed by atoms with Crippen LogP contribution in [0.1, 0.15) is 12.6 Å². The van der Waals surface area contributed by atoms with Crippen molar-refractivity contribution in [3.8, 4) is 40.1 Å². The van der Waals surface area contributed by atoms with Gasteiger partial charge in [-0.05, 0) is 44.2 Å². The fraction of sp³-hybridized carbons (Fsp3) is 0.273. The Balaban J connectivity index is 1.78. The highest BCUT2D eigenvalue weighted by Crippen LogP contribution is 2.41. The third-order valence-corrected chi connectivity index (χ3v) is 5.02. The van der Waals surface area contributed by atoms with Crippen LogP contribution in [0.4, 0.5) is 0 Å². The Morgan fingerprint density at radius 2 is 1.68 bits per heavy atom. The average Bonchev–Trinajstić information content (AvgIpc) is 3.29. The van der Waals surface area contributed by atoms with Crippen molar-refractivity contribution in [2.75, 3.05) is 21.3 Å². The lowest BCUT2D eigenvalue weighted by Crippen LogP contribution is -2.23. The van der Waals surface area contributed by atoms with Crippen molar-refractivity contribution in [2.45, 2.75) is 20.4 Å². The second kappa shape index (κ2) is 8.10. The molecule has 4 rings (SSSR count). The number of hydrogen-bond donors (Lipinski definition) is 0. The standard InChI is InChI=1S/C22H22N4O5/c1-6-26-16-8-7-13(9-15(16)23-12(2)22(26)27)20-24-21(31-25-20)14-10-17(28-3)19(30-5)18(11-14)29-4/h7-11H,6H2,1-5H3. The van der Waals surface area contributed by atoms with Gasteiger partial charge in [0, 0.05) is 17.7 Å².